The molecule has 118 valence electrons. The molecule has 0 unspecified atom stereocenters. The smallest absolute Gasteiger partial charge is 0.217 e. The molecule has 0 bridgehead atoms. The van der Waals surface area contributed by atoms with Crippen molar-refractivity contribution >= 4 is 5.91 Å². The van der Waals surface area contributed by atoms with Gasteiger partial charge in [0, 0.05) is 30.3 Å². The topological polar surface area (TPSA) is 51.2 Å². The number of nitrogens with one attached hydrogen (secondary N) is 1. The number of amides is 1. The highest BCUT2D eigenvalue weighted by atomic mass is 16.5. The summed E-state index contributed by atoms with van der Waals surface area (Å²) in [6.45, 7) is 5.99. The van der Waals surface area contributed by atoms with Gasteiger partial charge in [-0.25, -0.2) is 4.98 Å². The molecule has 4 nitrogen and oxygen atoms in total. The molecule has 0 aliphatic heterocycles. The van der Waals surface area contributed by atoms with E-state index in [4.69, 9.17) is 4.74 Å². The second-order valence-corrected chi connectivity index (χ2v) is 5.11. The summed E-state index contributed by atoms with van der Waals surface area (Å²) in [7, 11) is 0. The van der Waals surface area contributed by atoms with Crippen LogP contribution in [0.25, 0.3) is 0 Å². The Kier molecular flexibility index (Phi) is 5.76. The molecule has 0 aliphatic rings. The summed E-state index contributed by atoms with van der Waals surface area (Å²) in [4.78, 5) is 15.3. The maximum absolute atomic E-state index is 11.1. The molecule has 23 heavy (non-hydrogen) atoms. The van der Waals surface area contributed by atoms with Gasteiger partial charge in [-0.3, -0.25) is 4.79 Å². The first kappa shape index (κ1) is 16.6. The van der Waals surface area contributed by atoms with Gasteiger partial charge in [0.2, 0.25) is 11.8 Å². The average molecular weight is 308 g/mol. The number of pyridine rings is 1. The van der Waals surface area contributed by atoms with Crippen LogP contribution in [0.3, 0.4) is 0 Å². The van der Waals surface area contributed by atoms with Crippen LogP contribution < -0.4 is 10.1 Å². The van der Waals surface area contributed by atoms with Crippen molar-refractivity contribution in [3.05, 3.63) is 59.3 Å². The Bertz CT molecular complexity index is 710. The van der Waals surface area contributed by atoms with E-state index in [2.05, 4.69) is 22.1 Å². The van der Waals surface area contributed by atoms with Crippen LogP contribution in [0.1, 0.15) is 43.5 Å². The number of carbonyl (C=O) groups excluding carboxylic acids is 1. The van der Waals surface area contributed by atoms with E-state index < -0.39 is 0 Å². The molecule has 1 N–H and O–H groups in total. The lowest BCUT2D eigenvalue weighted by Crippen LogP contribution is -2.23. The second-order valence-electron chi connectivity index (χ2n) is 5.11. The van der Waals surface area contributed by atoms with Crippen molar-refractivity contribution in [1.82, 2.24) is 10.3 Å². The molecule has 1 heterocycles. The zero-order chi connectivity index (χ0) is 16.7. The number of benzene rings is 1. The zero-order valence-corrected chi connectivity index (χ0v) is 13.6. The first-order chi connectivity index (χ1) is 11.1. The highest BCUT2D eigenvalue weighted by Gasteiger charge is 2.05. The normalized spacial score (nSPS) is 11.1. The van der Waals surface area contributed by atoms with E-state index in [1.807, 2.05) is 50.2 Å². The lowest BCUT2D eigenvalue weighted by molar-refractivity contribution is -0.119. The molecule has 0 aliphatic carbocycles. The molecule has 1 amide bonds. The molecule has 2 aromatic rings. The average Bonchev–Trinajstić information content (AvgIpc) is 2.54. The van der Waals surface area contributed by atoms with E-state index >= 15 is 0 Å². The van der Waals surface area contributed by atoms with Crippen LogP contribution in [0.5, 0.6) is 5.88 Å². The standard InChI is InChI=1S/C19H20N2O2/c1-4-23-19-12-9-17(13-20-19)6-5-16-7-10-18(11-8-16)14(2)21-15(3)22/h7-14H,4H2,1-3H3,(H,21,22)/t14-/m0/s1. The highest BCUT2D eigenvalue weighted by Crippen LogP contribution is 2.13. The van der Waals surface area contributed by atoms with E-state index in [0.29, 0.717) is 12.5 Å². The molecule has 1 aromatic heterocycles. The number of carbonyl (C=O) groups is 1. The van der Waals surface area contributed by atoms with Crippen LogP contribution in [-0.4, -0.2) is 17.5 Å². The number of hydrogen-bond acceptors (Lipinski definition) is 3. The fraction of sp³-hybridized carbons (Fsp3) is 0.263. The van der Waals surface area contributed by atoms with Crippen molar-refractivity contribution in [1.29, 1.82) is 0 Å². The molecule has 2 rings (SSSR count). The van der Waals surface area contributed by atoms with Crippen molar-refractivity contribution in [2.45, 2.75) is 26.8 Å². The summed E-state index contributed by atoms with van der Waals surface area (Å²) < 4.78 is 5.30. The van der Waals surface area contributed by atoms with Gasteiger partial charge < -0.3 is 10.1 Å². The minimum Gasteiger partial charge on any atom is -0.478 e. The molecule has 4 heteroatoms. The summed E-state index contributed by atoms with van der Waals surface area (Å²) in [5.41, 5.74) is 2.80. The van der Waals surface area contributed by atoms with Crippen molar-refractivity contribution < 1.29 is 9.53 Å². The number of hydrogen-bond donors (Lipinski definition) is 1. The van der Waals surface area contributed by atoms with Gasteiger partial charge in [-0.2, -0.15) is 0 Å². The van der Waals surface area contributed by atoms with Crippen LogP contribution in [0, 0.1) is 11.8 Å². The Morgan fingerprint density at radius 1 is 1.17 bits per heavy atom. The predicted molar refractivity (Wildman–Crippen MR) is 90.1 cm³/mol. The van der Waals surface area contributed by atoms with Crippen LogP contribution in [0.4, 0.5) is 0 Å². The highest BCUT2D eigenvalue weighted by molar-refractivity contribution is 5.73. The molecule has 0 fully saturated rings. The van der Waals surface area contributed by atoms with Crippen LogP contribution in [0.15, 0.2) is 42.6 Å². The van der Waals surface area contributed by atoms with Crippen molar-refractivity contribution in [3.63, 3.8) is 0 Å². The molecule has 0 spiro atoms. The summed E-state index contributed by atoms with van der Waals surface area (Å²) in [6.07, 6.45) is 1.70. The summed E-state index contributed by atoms with van der Waals surface area (Å²) in [5, 5.41) is 2.86. The third-order valence-corrected chi connectivity index (χ3v) is 3.21. The molecule has 0 saturated carbocycles. The van der Waals surface area contributed by atoms with Crippen molar-refractivity contribution in [3.8, 4) is 17.7 Å². The summed E-state index contributed by atoms with van der Waals surface area (Å²) >= 11 is 0. The van der Waals surface area contributed by atoms with Gasteiger partial charge in [-0.15, -0.1) is 0 Å². The first-order valence-electron chi connectivity index (χ1n) is 7.56. The third kappa shape index (κ3) is 5.15. The Morgan fingerprint density at radius 2 is 1.83 bits per heavy atom. The Balaban J connectivity index is 2.05. The molecular formula is C19H20N2O2. The largest absolute Gasteiger partial charge is 0.478 e. The lowest BCUT2D eigenvalue weighted by atomic mass is 10.1. The third-order valence-electron chi connectivity index (χ3n) is 3.21. The van der Waals surface area contributed by atoms with Gasteiger partial charge in [-0.05, 0) is 37.6 Å². The second kappa shape index (κ2) is 8.00. The fourth-order valence-electron chi connectivity index (χ4n) is 2.08. The molecule has 0 radical (unpaired) electrons. The van der Waals surface area contributed by atoms with Gasteiger partial charge in [-0.1, -0.05) is 24.0 Å². The van der Waals surface area contributed by atoms with Crippen molar-refractivity contribution in [2.24, 2.45) is 0 Å². The first-order valence-corrected chi connectivity index (χ1v) is 7.56. The number of nitrogens with zero attached hydrogens (tertiary/aromatic N) is 1. The van der Waals surface area contributed by atoms with Crippen molar-refractivity contribution in [2.75, 3.05) is 6.61 Å². The number of ether oxygens (including phenoxy) is 1. The van der Waals surface area contributed by atoms with Crippen LogP contribution in [-0.2, 0) is 4.79 Å². The lowest BCUT2D eigenvalue weighted by Gasteiger charge is -2.12. The monoisotopic (exact) mass is 308 g/mol. The molecule has 0 saturated heterocycles. The SMILES string of the molecule is CCOc1ccc(C#Cc2ccc([C@H](C)NC(C)=O)cc2)cn1. The predicted octanol–water partition coefficient (Wildman–Crippen LogP) is 3.08. The Labute approximate surface area is 136 Å². The van der Waals surface area contributed by atoms with Gasteiger partial charge in [0.15, 0.2) is 0 Å². The maximum Gasteiger partial charge on any atom is 0.217 e. The molecule has 1 aromatic carbocycles. The molecule has 1 atom stereocenters. The fourth-order valence-corrected chi connectivity index (χ4v) is 2.08. The minimum absolute atomic E-state index is 0.00943. The van der Waals surface area contributed by atoms with E-state index in [1.54, 1.807) is 6.20 Å². The minimum atomic E-state index is -0.0376. The number of rotatable bonds is 4. The maximum atomic E-state index is 11.1. The van der Waals surface area contributed by atoms with E-state index in [9.17, 15) is 4.79 Å². The van der Waals surface area contributed by atoms with Gasteiger partial charge >= 0.3 is 0 Å². The number of aromatic nitrogens is 1. The summed E-state index contributed by atoms with van der Waals surface area (Å²) in [5.74, 6) is 6.74. The van der Waals surface area contributed by atoms with Gasteiger partial charge in [0.1, 0.15) is 0 Å². The summed E-state index contributed by atoms with van der Waals surface area (Å²) in [6, 6.07) is 11.5. The van der Waals surface area contributed by atoms with E-state index in [-0.39, 0.29) is 11.9 Å². The van der Waals surface area contributed by atoms with E-state index in [0.717, 1.165) is 16.7 Å². The van der Waals surface area contributed by atoms with Gasteiger partial charge in [0.25, 0.3) is 0 Å². The Morgan fingerprint density at radius 3 is 2.39 bits per heavy atom. The van der Waals surface area contributed by atoms with Crippen LogP contribution >= 0.6 is 0 Å². The molecular weight excluding hydrogens is 288 g/mol. The Hall–Kier alpha value is -2.80. The quantitative estimate of drug-likeness (QED) is 0.883. The van der Waals surface area contributed by atoms with Crippen LogP contribution in [0.2, 0.25) is 0 Å². The van der Waals surface area contributed by atoms with Gasteiger partial charge in [0.05, 0.1) is 12.6 Å². The zero-order valence-electron chi connectivity index (χ0n) is 13.6. The van der Waals surface area contributed by atoms with E-state index in [1.165, 1.54) is 6.92 Å².